The third kappa shape index (κ3) is 9.10. The molecule has 1 aliphatic carbocycles. The summed E-state index contributed by atoms with van der Waals surface area (Å²) < 4.78 is 5.85. The molecule has 1 amide bonds. The fourth-order valence-electron chi connectivity index (χ4n) is 3.05. The molecular formula is C17H34N2O2. The largest absolute Gasteiger partial charge is 0.378 e. The van der Waals surface area contributed by atoms with Crippen molar-refractivity contribution >= 4 is 5.91 Å². The molecule has 21 heavy (non-hydrogen) atoms. The number of hydrogen-bond donors (Lipinski definition) is 2. The van der Waals surface area contributed by atoms with Crippen LogP contribution >= 0.6 is 0 Å². The molecule has 0 aromatic carbocycles. The lowest BCUT2D eigenvalue weighted by Crippen LogP contribution is -2.30. The van der Waals surface area contributed by atoms with Gasteiger partial charge in [-0.15, -0.1) is 0 Å². The Labute approximate surface area is 130 Å². The minimum Gasteiger partial charge on any atom is -0.378 e. The van der Waals surface area contributed by atoms with Crippen LogP contribution in [0.3, 0.4) is 0 Å². The third-order valence-electron chi connectivity index (χ3n) is 4.16. The van der Waals surface area contributed by atoms with Crippen LogP contribution in [0.2, 0.25) is 0 Å². The Morgan fingerprint density at radius 2 is 2.00 bits per heavy atom. The van der Waals surface area contributed by atoms with E-state index in [0.717, 1.165) is 19.4 Å². The summed E-state index contributed by atoms with van der Waals surface area (Å²) in [6.07, 6.45) is 9.32. The maximum Gasteiger partial charge on any atom is 0.220 e. The van der Waals surface area contributed by atoms with Crippen LogP contribution in [0.25, 0.3) is 0 Å². The Morgan fingerprint density at radius 1 is 1.29 bits per heavy atom. The summed E-state index contributed by atoms with van der Waals surface area (Å²) in [7, 11) is 0. The standard InChI is InChI=1S/C17H34N2O2/c1-14(2)11-15(13-18)12-17(20)19-9-6-10-21-16-7-4-3-5-8-16/h14-16H,3-13,18H2,1-2H3,(H,19,20). The Bertz CT molecular complexity index is 276. The molecule has 0 heterocycles. The van der Waals surface area contributed by atoms with Gasteiger partial charge < -0.3 is 15.8 Å². The number of rotatable bonds is 10. The van der Waals surface area contributed by atoms with Crippen molar-refractivity contribution in [3.8, 4) is 0 Å². The van der Waals surface area contributed by atoms with Gasteiger partial charge in [0.25, 0.3) is 0 Å². The van der Waals surface area contributed by atoms with E-state index in [4.69, 9.17) is 10.5 Å². The van der Waals surface area contributed by atoms with Crippen LogP contribution in [0.15, 0.2) is 0 Å². The summed E-state index contributed by atoms with van der Waals surface area (Å²) in [6.45, 7) is 6.41. The summed E-state index contributed by atoms with van der Waals surface area (Å²) >= 11 is 0. The van der Waals surface area contributed by atoms with Gasteiger partial charge in [0.1, 0.15) is 0 Å². The van der Waals surface area contributed by atoms with Gasteiger partial charge in [0.05, 0.1) is 6.10 Å². The van der Waals surface area contributed by atoms with Crippen LogP contribution in [0.5, 0.6) is 0 Å². The van der Waals surface area contributed by atoms with Crippen molar-refractivity contribution in [2.24, 2.45) is 17.6 Å². The summed E-state index contributed by atoms with van der Waals surface area (Å²) in [5.41, 5.74) is 5.73. The van der Waals surface area contributed by atoms with Crippen molar-refractivity contribution in [2.75, 3.05) is 19.7 Å². The number of carbonyl (C=O) groups excluding carboxylic acids is 1. The second-order valence-electron chi connectivity index (χ2n) is 6.77. The highest BCUT2D eigenvalue weighted by Gasteiger charge is 2.14. The van der Waals surface area contributed by atoms with Gasteiger partial charge in [-0.2, -0.15) is 0 Å². The smallest absolute Gasteiger partial charge is 0.220 e. The van der Waals surface area contributed by atoms with E-state index >= 15 is 0 Å². The normalized spacial score (nSPS) is 17.9. The van der Waals surface area contributed by atoms with Gasteiger partial charge in [0.15, 0.2) is 0 Å². The molecule has 3 N–H and O–H groups in total. The average molecular weight is 298 g/mol. The van der Waals surface area contributed by atoms with Crippen molar-refractivity contribution in [1.82, 2.24) is 5.32 Å². The monoisotopic (exact) mass is 298 g/mol. The van der Waals surface area contributed by atoms with Crippen LogP contribution in [0.1, 0.15) is 65.2 Å². The molecule has 1 aliphatic rings. The third-order valence-corrected chi connectivity index (χ3v) is 4.16. The molecule has 124 valence electrons. The van der Waals surface area contributed by atoms with Gasteiger partial charge in [0, 0.05) is 19.6 Å². The number of ether oxygens (including phenoxy) is 1. The summed E-state index contributed by atoms with van der Waals surface area (Å²) in [5, 5.41) is 2.98. The molecule has 0 radical (unpaired) electrons. The molecule has 1 saturated carbocycles. The van der Waals surface area contributed by atoms with E-state index in [-0.39, 0.29) is 5.91 Å². The summed E-state index contributed by atoms with van der Waals surface area (Å²) in [6, 6.07) is 0. The number of hydrogen-bond acceptors (Lipinski definition) is 3. The van der Waals surface area contributed by atoms with Crippen molar-refractivity contribution in [3.05, 3.63) is 0 Å². The van der Waals surface area contributed by atoms with Crippen molar-refractivity contribution in [2.45, 2.75) is 71.3 Å². The molecule has 0 bridgehead atoms. The first-order valence-electron chi connectivity index (χ1n) is 8.70. The van der Waals surface area contributed by atoms with E-state index < -0.39 is 0 Å². The molecule has 0 spiro atoms. The van der Waals surface area contributed by atoms with E-state index in [1.54, 1.807) is 0 Å². The molecule has 0 aromatic rings. The molecule has 4 nitrogen and oxygen atoms in total. The zero-order valence-electron chi connectivity index (χ0n) is 13.9. The van der Waals surface area contributed by atoms with Gasteiger partial charge in [0.2, 0.25) is 5.91 Å². The summed E-state index contributed by atoms with van der Waals surface area (Å²) in [5.74, 6) is 1.03. The van der Waals surface area contributed by atoms with Crippen LogP contribution in [0, 0.1) is 11.8 Å². The van der Waals surface area contributed by atoms with E-state index in [9.17, 15) is 4.79 Å². The zero-order chi connectivity index (χ0) is 15.5. The summed E-state index contributed by atoms with van der Waals surface area (Å²) in [4.78, 5) is 11.9. The van der Waals surface area contributed by atoms with Gasteiger partial charge in [-0.05, 0) is 44.1 Å². The van der Waals surface area contributed by atoms with Crippen molar-refractivity contribution < 1.29 is 9.53 Å². The lowest BCUT2D eigenvalue weighted by Gasteiger charge is -2.22. The van der Waals surface area contributed by atoms with E-state index in [0.29, 0.717) is 37.5 Å². The highest BCUT2D eigenvalue weighted by atomic mass is 16.5. The van der Waals surface area contributed by atoms with E-state index in [1.807, 2.05) is 0 Å². The Kier molecular flexibility index (Phi) is 9.68. The topological polar surface area (TPSA) is 64.4 Å². The van der Waals surface area contributed by atoms with E-state index in [1.165, 1.54) is 32.1 Å². The number of amides is 1. The Hall–Kier alpha value is -0.610. The molecule has 1 atom stereocenters. The van der Waals surface area contributed by atoms with Crippen LogP contribution in [0.4, 0.5) is 0 Å². The first-order valence-corrected chi connectivity index (χ1v) is 8.70. The molecule has 4 heteroatoms. The maximum atomic E-state index is 11.9. The van der Waals surface area contributed by atoms with Crippen LogP contribution in [-0.4, -0.2) is 31.7 Å². The van der Waals surface area contributed by atoms with E-state index in [2.05, 4.69) is 19.2 Å². The number of nitrogens with one attached hydrogen (secondary N) is 1. The molecule has 1 rings (SSSR count). The predicted molar refractivity (Wildman–Crippen MR) is 87.1 cm³/mol. The molecule has 0 saturated heterocycles. The van der Waals surface area contributed by atoms with Crippen LogP contribution < -0.4 is 11.1 Å². The average Bonchev–Trinajstić information content (AvgIpc) is 2.46. The van der Waals surface area contributed by atoms with Crippen molar-refractivity contribution in [1.29, 1.82) is 0 Å². The maximum absolute atomic E-state index is 11.9. The Balaban J connectivity index is 2.01. The fraction of sp³-hybridized carbons (Fsp3) is 0.941. The number of nitrogens with two attached hydrogens (primary N) is 1. The van der Waals surface area contributed by atoms with Gasteiger partial charge in [-0.1, -0.05) is 33.1 Å². The predicted octanol–water partition coefficient (Wildman–Crippen LogP) is 2.85. The number of carbonyl (C=O) groups is 1. The van der Waals surface area contributed by atoms with Crippen LogP contribution in [-0.2, 0) is 9.53 Å². The first kappa shape index (κ1) is 18.4. The second kappa shape index (κ2) is 11.0. The quantitative estimate of drug-likeness (QED) is 0.610. The van der Waals surface area contributed by atoms with Crippen molar-refractivity contribution in [3.63, 3.8) is 0 Å². The molecule has 1 fully saturated rings. The first-order chi connectivity index (χ1) is 10.1. The minimum absolute atomic E-state index is 0.128. The minimum atomic E-state index is 0.128. The zero-order valence-corrected chi connectivity index (χ0v) is 13.9. The highest BCUT2D eigenvalue weighted by Crippen LogP contribution is 2.20. The Morgan fingerprint density at radius 3 is 2.62 bits per heavy atom. The van der Waals surface area contributed by atoms with Gasteiger partial charge >= 0.3 is 0 Å². The lowest BCUT2D eigenvalue weighted by molar-refractivity contribution is -0.122. The van der Waals surface area contributed by atoms with Gasteiger partial charge in [-0.25, -0.2) is 0 Å². The molecular weight excluding hydrogens is 264 g/mol. The molecule has 0 aromatic heterocycles. The molecule has 1 unspecified atom stereocenters. The van der Waals surface area contributed by atoms with Gasteiger partial charge in [-0.3, -0.25) is 4.79 Å². The highest BCUT2D eigenvalue weighted by molar-refractivity contribution is 5.76. The second-order valence-corrected chi connectivity index (χ2v) is 6.77. The lowest BCUT2D eigenvalue weighted by atomic mass is 9.94. The SMILES string of the molecule is CC(C)CC(CN)CC(=O)NCCCOC1CCCCC1. The molecule has 0 aliphatic heterocycles. The fourth-order valence-corrected chi connectivity index (χ4v) is 3.05.